The molecular formula is C23H33NO8. The Morgan fingerprint density at radius 2 is 1.41 bits per heavy atom. The van der Waals surface area contributed by atoms with Gasteiger partial charge in [0.05, 0.1) is 19.8 Å². The monoisotopic (exact) mass is 451 g/mol. The summed E-state index contributed by atoms with van der Waals surface area (Å²) in [6.07, 6.45) is 5.69. The maximum Gasteiger partial charge on any atom is 0.420 e. The van der Waals surface area contributed by atoms with E-state index in [2.05, 4.69) is 25.9 Å². The summed E-state index contributed by atoms with van der Waals surface area (Å²) in [5.74, 6) is -4.15. The lowest BCUT2D eigenvalue weighted by atomic mass is 9.88. The van der Waals surface area contributed by atoms with Gasteiger partial charge < -0.3 is 23.8 Å². The Balaban J connectivity index is 2.13. The number of esters is 2. The van der Waals surface area contributed by atoms with Crippen molar-refractivity contribution in [2.45, 2.75) is 70.6 Å². The molecule has 1 aliphatic carbocycles. The van der Waals surface area contributed by atoms with Crippen molar-refractivity contribution in [3.63, 3.8) is 0 Å². The summed E-state index contributed by atoms with van der Waals surface area (Å²) in [4.78, 5) is 51.2. The van der Waals surface area contributed by atoms with Crippen LogP contribution in [0.3, 0.4) is 0 Å². The first kappa shape index (κ1) is 25.6. The van der Waals surface area contributed by atoms with Crippen LogP contribution in [-0.2, 0) is 38.1 Å². The Labute approximate surface area is 188 Å². The molecule has 0 spiro atoms. The summed E-state index contributed by atoms with van der Waals surface area (Å²) in [7, 11) is 6.67. The highest BCUT2D eigenvalue weighted by Gasteiger charge is 2.46. The number of methoxy groups -OCH3 is 2. The highest BCUT2D eigenvalue weighted by molar-refractivity contribution is 6.32. The van der Waals surface area contributed by atoms with Gasteiger partial charge in [-0.1, -0.05) is 32.6 Å². The molecule has 0 radical (unpaired) electrons. The number of hydrogen-bond donors (Lipinski definition) is 0. The van der Waals surface area contributed by atoms with Crippen molar-refractivity contribution in [2.75, 3.05) is 28.3 Å². The SMILES string of the molecule is CCCCC(CCCCCC1=C(C2OC(=O)C(=O)O2)C(=O)C(OC)=C(OC)C1=O)N(C)C. The molecule has 1 fully saturated rings. The first-order valence-electron chi connectivity index (χ1n) is 11.0. The van der Waals surface area contributed by atoms with Gasteiger partial charge in [0, 0.05) is 11.6 Å². The number of Topliss-reactive ketones (excluding diaryl/α,β-unsaturated/α-hetero) is 2. The van der Waals surface area contributed by atoms with Gasteiger partial charge in [0.2, 0.25) is 23.1 Å². The molecule has 2 rings (SSSR count). The van der Waals surface area contributed by atoms with Crippen LogP contribution in [0.15, 0.2) is 22.7 Å². The number of cyclic esters (lactones) is 2. The smallest absolute Gasteiger partial charge is 0.420 e. The Morgan fingerprint density at radius 3 is 1.94 bits per heavy atom. The van der Waals surface area contributed by atoms with Crippen LogP contribution in [0, 0.1) is 0 Å². The van der Waals surface area contributed by atoms with E-state index >= 15 is 0 Å². The topological polar surface area (TPSA) is 108 Å². The van der Waals surface area contributed by atoms with Gasteiger partial charge in [0.1, 0.15) is 0 Å². The highest BCUT2D eigenvalue weighted by Crippen LogP contribution is 2.33. The summed E-state index contributed by atoms with van der Waals surface area (Å²) in [6, 6.07) is 0.507. The first-order chi connectivity index (χ1) is 15.3. The molecule has 0 aromatic carbocycles. The van der Waals surface area contributed by atoms with Crippen LogP contribution in [0.1, 0.15) is 58.3 Å². The van der Waals surface area contributed by atoms with Crippen molar-refractivity contribution >= 4 is 23.5 Å². The second kappa shape index (κ2) is 11.8. The maximum absolute atomic E-state index is 13.0. The number of carbonyl (C=O) groups is 4. The van der Waals surface area contributed by atoms with Crippen molar-refractivity contribution in [3.05, 3.63) is 22.7 Å². The van der Waals surface area contributed by atoms with E-state index in [0.29, 0.717) is 12.5 Å². The van der Waals surface area contributed by atoms with Gasteiger partial charge in [-0.2, -0.15) is 0 Å². The third-order valence-corrected chi connectivity index (χ3v) is 5.79. The van der Waals surface area contributed by atoms with Crippen LogP contribution in [0.2, 0.25) is 0 Å². The number of ether oxygens (including phenoxy) is 4. The van der Waals surface area contributed by atoms with Crippen molar-refractivity contribution in [3.8, 4) is 0 Å². The van der Waals surface area contributed by atoms with E-state index in [1.165, 1.54) is 20.6 Å². The van der Waals surface area contributed by atoms with E-state index in [1.54, 1.807) is 0 Å². The number of hydrogen-bond acceptors (Lipinski definition) is 9. The lowest BCUT2D eigenvalue weighted by molar-refractivity contribution is -0.150. The Morgan fingerprint density at radius 1 is 0.844 bits per heavy atom. The maximum atomic E-state index is 13.0. The van der Waals surface area contributed by atoms with E-state index < -0.39 is 29.8 Å². The lowest BCUT2D eigenvalue weighted by Crippen LogP contribution is -2.32. The molecule has 9 heteroatoms. The lowest BCUT2D eigenvalue weighted by Gasteiger charge is -2.25. The summed E-state index contributed by atoms with van der Waals surface area (Å²) in [5.41, 5.74) is -0.0590. The van der Waals surface area contributed by atoms with Gasteiger partial charge in [0.15, 0.2) is 0 Å². The van der Waals surface area contributed by atoms with Gasteiger partial charge >= 0.3 is 11.9 Å². The zero-order valence-corrected chi connectivity index (χ0v) is 19.5. The molecule has 2 aliphatic rings. The normalized spacial score (nSPS) is 18.4. The van der Waals surface area contributed by atoms with Gasteiger partial charge in [-0.15, -0.1) is 0 Å². The highest BCUT2D eigenvalue weighted by atomic mass is 16.8. The largest absolute Gasteiger partial charge is 0.489 e. The Bertz CT molecular complexity index is 795. The summed E-state index contributed by atoms with van der Waals surface area (Å²) >= 11 is 0. The number of ketones is 2. The Kier molecular flexibility index (Phi) is 9.43. The fraction of sp³-hybridized carbons (Fsp3) is 0.652. The molecule has 0 amide bonds. The van der Waals surface area contributed by atoms with Crippen LogP contribution in [0.5, 0.6) is 0 Å². The van der Waals surface area contributed by atoms with Crippen molar-refractivity contribution < 1.29 is 38.1 Å². The second-order valence-corrected chi connectivity index (χ2v) is 8.12. The minimum Gasteiger partial charge on any atom is -0.489 e. The van der Waals surface area contributed by atoms with E-state index in [1.807, 2.05) is 0 Å². The number of unbranched alkanes of at least 4 members (excludes halogenated alkanes) is 3. The fourth-order valence-corrected chi connectivity index (χ4v) is 3.98. The van der Waals surface area contributed by atoms with Gasteiger partial charge in [-0.3, -0.25) is 9.59 Å². The minimum absolute atomic E-state index is 0.121. The zero-order chi connectivity index (χ0) is 23.8. The quantitative estimate of drug-likeness (QED) is 0.180. The molecule has 0 saturated carbocycles. The average Bonchev–Trinajstić information content (AvgIpc) is 3.09. The third-order valence-electron chi connectivity index (χ3n) is 5.79. The molecule has 32 heavy (non-hydrogen) atoms. The Hall–Kier alpha value is -2.68. The predicted molar refractivity (Wildman–Crippen MR) is 114 cm³/mol. The van der Waals surface area contributed by atoms with Crippen LogP contribution >= 0.6 is 0 Å². The number of allylic oxidation sites excluding steroid dienone is 2. The zero-order valence-electron chi connectivity index (χ0n) is 19.5. The van der Waals surface area contributed by atoms with Crippen molar-refractivity contribution in [1.29, 1.82) is 0 Å². The van der Waals surface area contributed by atoms with Crippen LogP contribution < -0.4 is 0 Å². The molecule has 1 saturated heterocycles. The fourth-order valence-electron chi connectivity index (χ4n) is 3.98. The summed E-state index contributed by atoms with van der Waals surface area (Å²) < 4.78 is 19.9. The van der Waals surface area contributed by atoms with E-state index in [0.717, 1.165) is 32.1 Å². The third kappa shape index (κ3) is 5.76. The van der Waals surface area contributed by atoms with Gasteiger partial charge in [0.25, 0.3) is 6.29 Å². The summed E-state index contributed by atoms with van der Waals surface area (Å²) in [5, 5.41) is 0. The molecule has 0 aromatic heterocycles. The number of nitrogens with zero attached hydrogens (tertiary/aromatic N) is 1. The van der Waals surface area contributed by atoms with Crippen LogP contribution in [0.4, 0.5) is 0 Å². The molecular weight excluding hydrogens is 418 g/mol. The standard InChI is InChI=1S/C23H33NO8/c1-6-7-11-14(24(2)3)12-9-8-10-13-15-16(23-31-21(27)22(28)32-23)18(26)20(30-5)19(29-4)17(15)25/h14,23H,6-13H2,1-5H3. The van der Waals surface area contributed by atoms with E-state index in [4.69, 9.17) is 18.9 Å². The van der Waals surface area contributed by atoms with Crippen LogP contribution in [-0.4, -0.2) is 69.1 Å². The number of carbonyl (C=O) groups excluding carboxylic acids is 4. The van der Waals surface area contributed by atoms with Crippen molar-refractivity contribution in [1.82, 2.24) is 4.90 Å². The van der Waals surface area contributed by atoms with E-state index in [-0.39, 0.29) is 29.1 Å². The molecule has 1 atom stereocenters. The molecule has 178 valence electrons. The van der Waals surface area contributed by atoms with Crippen molar-refractivity contribution in [2.24, 2.45) is 0 Å². The van der Waals surface area contributed by atoms with E-state index in [9.17, 15) is 19.2 Å². The minimum atomic E-state index is -1.56. The second-order valence-electron chi connectivity index (χ2n) is 8.12. The molecule has 1 aliphatic heterocycles. The molecule has 0 N–H and O–H groups in total. The molecule has 1 unspecified atom stereocenters. The number of rotatable bonds is 13. The van der Waals surface area contributed by atoms with Gasteiger partial charge in [-0.05, 0) is 39.8 Å². The molecule has 0 aromatic rings. The first-order valence-corrected chi connectivity index (χ1v) is 11.0. The molecule has 1 heterocycles. The molecule has 9 nitrogen and oxygen atoms in total. The average molecular weight is 452 g/mol. The van der Waals surface area contributed by atoms with Gasteiger partial charge in [-0.25, -0.2) is 9.59 Å². The predicted octanol–water partition coefficient (Wildman–Crippen LogP) is 2.44. The molecule has 0 bridgehead atoms. The van der Waals surface area contributed by atoms with Crippen LogP contribution in [0.25, 0.3) is 0 Å². The summed E-state index contributed by atoms with van der Waals surface area (Å²) in [6.45, 7) is 2.18.